The van der Waals surface area contributed by atoms with E-state index in [0.717, 1.165) is 30.7 Å². The van der Waals surface area contributed by atoms with Crippen LogP contribution in [0.25, 0.3) is 0 Å². The van der Waals surface area contributed by atoms with Gasteiger partial charge in [0.25, 0.3) is 11.8 Å². The normalized spacial score (nSPS) is 25.2. The third-order valence-corrected chi connectivity index (χ3v) is 8.60. The molecule has 4 aliphatic carbocycles. The van der Waals surface area contributed by atoms with Crippen molar-refractivity contribution in [2.45, 2.75) is 56.9 Å². The van der Waals surface area contributed by atoms with E-state index in [1.807, 2.05) is 22.9 Å². The Morgan fingerprint density at radius 1 is 1.00 bits per heavy atom. The van der Waals surface area contributed by atoms with Gasteiger partial charge < -0.3 is 19.9 Å². The minimum atomic E-state index is -0.296. The lowest BCUT2D eigenvalue weighted by molar-refractivity contribution is -0.118. The Balaban J connectivity index is 0.974. The summed E-state index contributed by atoms with van der Waals surface area (Å²) in [5.74, 6) is 2.90. The van der Waals surface area contributed by atoms with Crippen LogP contribution in [0, 0.1) is 17.8 Å². The highest BCUT2D eigenvalue weighted by Crippen LogP contribution is 2.60. The zero-order valence-electron chi connectivity index (χ0n) is 21.6. The van der Waals surface area contributed by atoms with Crippen molar-refractivity contribution in [1.82, 2.24) is 19.9 Å². The molecular formula is C30H35N5O3. The molecule has 4 saturated carbocycles. The molecular weight excluding hydrogens is 478 g/mol. The van der Waals surface area contributed by atoms with Crippen LogP contribution in [0.15, 0.2) is 61.4 Å². The number of carbonyl (C=O) groups excluding carboxylic acids is 2. The zero-order valence-corrected chi connectivity index (χ0v) is 21.6. The summed E-state index contributed by atoms with van der Waals surface area (Å²) in [6, 6.07) is 10.0. The molecule has 3 aromatic rings. The van der Waals surface area contributed by atoms with Gasteiger partial charge in [0.1, 0.15) is 5.75 Å². The first kappa shape index (κ1) is 24.6. The van der Waals surface area contributed by atoms with Gasteiger partial charge in [0.15, 0.2) is 6.61 Å². The van der Waals surface area contributed by atoms with Crippen molar-refractivity contribution >= 4 is 17.5 Å². The van der Waals surface area contributed by atoms with Gasteiger partial charge >= 0.3 is 0 Å². The number of hydrogen-bond donors (Lipinski definition) is 2. The van der Waals surface area contributed by atoms with Crippen LogP contribution in [-0.2, 0) is 16.8 Å². The monoisotopic (exact) mass is 513 g/mol. The highest BCUT2D eigenvalue weighted by Gasteiger charge is 2.51. The molecule has 1 aromatic carbocycles. The molecule has 2 aromatic heterocycles. The van der Waals surface area contributed by atoms with Crippen molar-refractivity contribution in [3.05, 3.63) is 72.6 Å². The second-order valence-electron chi connectivity index (χ2n) is 11.4. The molecule has 2 N–H and O–H groups in total. The minimum absolute atomic E-state index is 0.110. The lowest BCUT2D eigenvalue weighted by Crippen LogP contribution is -2.48. The number of hydrogen-bond acceptors (Lipinski definition) is 5. The van der Waals surface area contributed by atoms with Crippen molar-refractivity contribution in [2.24, 2.45) is 17.8 Å². The van der Waals surface area contributed by atoms with Gasteiger partial charge in [-0.05, 0) is 91.9 Å². The average Bonchev–Trinajstić information content (AvgIpc) is 3.43. The quantitative estimate of drug-likeness (QED) is 0.387. The fourth-order valence-electron chi connectivity index (χ4n) is 7.33. The predicted molar refractivity (Wildman–Crippen MR) is 144 cm³/mol. The Bertz CT molecular complexity index is 1240. The standard InChI is InChI=1S/C30H35N5O3/c36-28(34-26-13-24(17-32-18-26)29(37)33-6-1-8-35-9-7-31-20-35)19-38-27-4-2-25(3-5-27)30-14-21-10-22(15-30)12-23(11-21)16-30/h2-5,7,9,13,17-18,20-23H,1,6,8,10-12,14-16,19H2,(H,33,37)(H,34,36). The summed E-state index contributed by atoms with van der Waals surface area (Å²) in [6.45, 7) is 1.20. The van der Waals surface area contributed by atoms with Crippen LogP contribution >= 0.6 is 0 Å². The first-order valence-electron chi connectivity index (χ1n) is 13.8. The molecule has 38 heavy (non-hydrogen) atoms. The number of nitrogens with one attached hydrogen (secondary N) is 2. The molecule has 0 aliphatic heterocycles. The molecule has 4 fully saturated rings. The van der Waals surface area contributed by atoms with E-state index in [1.54, 1.807) is 18.6 Å². The Labute approximate surface area is 223 Å². The number of aryl methyl sites for hydroxylation is 1. The van der Waals surface area contributed by atoms with E-state index < -0.39 is 0 Å². The Hall–Kier alpha value is -3.68. The number of anilines is 1. The number of ether oxygens (including phenoxy) is 1. The molecule has 0 saturated heterocycles. The summed E-state index contributed by atoms with van der Waals surface area (Å²) < 4.78 is 7.73. The van der Waals surface area contributed by atoms with Crippen LogP contribution in [0.4, 0.5) is 5.69 Å². The molecule has 4 bridgehead atoms. The highest BCUT2D eigenvalue weighted by atomic mass is 16.5. The van der Waals surface area contributed by atoms with Crippen molar-refractivity contribution in [2.75, 3.05) is 18.5 Å². The van der Waals surface area contributed by atoms with Crippen molar-refractivity contribution in [3.63, 3.8) is 0 Å². The SMILES string of the molecule is O=C(COc1ccc(C23CC4CC(CC(C4)C2)C3)cc1)Nc1cncc(C(=O)NCCCn2ccnc2)c1. The second kappa shape index (κ2) is 10.6. The third kappa shape index (κ3) is 5.44. The first-order valence-corrected chi connectivity index (χ1v) is 13.8. The molecule has 8 nitrogen and oxygen atoms in total. The number of amides is 2. The van der Waals surface area contributed by atoms with Gasteiger partial charge in [0.2, 0.25) is 0 Å². The number of nitrogens with zero attached hydrogens (tertiary/aromatic N) is 3. The van der Waals surface area contributed by atoms with E-state index in [2.05, 4.69) is 32.7 Å². The summed E-state index contributed by atoms with van der Waals surface area (Å²) in [4.78, 5) is 33.1. The molecule has 4 aliphatic rings. The van der Waals surface area contributed by atoms with Gasteiger partial charge in [-0.3, -0.25) is 14.6 Å². The first-order chi connectivity index (χ1) is 18.5. The average molecular weight is 514 g/mol. The maximum absolute atomic E-state index is 12.5. The Kier molecular flexibility index (Phi) is 6.87. The topological polar surface area (TPSA) is 98.1 Å². The van der Waals surface area contributed by atoms with E-state index in [4.69, 9.17) is 4.74 Å². The van der Waals surface area contributed by atoms with Gasteiger partial charge in [-0.1, -0.05) is 12.1 Å². The summed E-state index contributed by atoms with van der Waals surface area (Å²) >= 11 is 0. The van der Waals surface area contributed by atoms with Crippen LogP contribution in [0.2, 0.25) is 0 Å². The largest absolute Gasteiger partial charge is 0.484 e. The molecule has 0 unspecified atom stereocenters. The van der Waals surface area contributed by atoms with E-state index in [0.29, 0.717) is 29.0 Å². The summed E-state index contributed by atoms with van der Waals surface area (Å²) in [5, 5.41) is 5.66. The number of benzene rings is 1. The number of rotatable bonds is 10. The lowest BCUT2D eigenvalue weighted by Gasteiger charge is -2.57. The molecule has 7 rings (SSSR count). The van der Waals surface area contributed by atoms with E-state index >= 15 is 0 Å². The highest BCUT2D eigenvalue weighted by molar-refractivity contribution is 5.97. The summed E-state index contributed by atoms with van der Waals surface area (Å²) in [6.07, 6.45) is 17.5. The number of carbonyl (C=O) groups is 2. The van der Waals surface area contributed by atoms with Crippen molar-refractivity contribution in [3.8, 4) is 5.75 Å². The molecule has 0 spiro atoms. The van der Waals surface area contributed by atoms with Gasteiger partial charge in [-0.25, -0.2) is 4.98 Å². The van der Waals surface area contributed by atoms with E-state index in [1.165, 1.54) is 56.5 Å². The fraction of sp³-hybridized carbons (Fsp3) is 0.467. The van der Waals surface area contributed by atoms with Gasteiger partial charge in [-0.15, -0.1) is 0 Å². The predicted octanol–water partition coefficient (Wildman–Crippen LogP) is 4.58. The Morgan fingerprint density at radius 3 is 2.42 bits per heavy atom. The molecule has 2 amide bonds. The van der Waals surface area contributed by atoms with E-state index in [-0.39, 0.29) is 18.4 Å². The van der Waals surface area contributed by atoms with Crippen LogP contribution in [0.5, 0.6) is 5.75 Å². The fourth-order valence-corrected chi connectivity index (χ4v) is 7.33. The summed E-state index contributed by atoms with van der Waals surface area (Å²) in [7, 11) is 0. The van der Waals surface area contributed by atoms with Crippen LogP contribution < -0.4 is 15.4 Å². The van der Waals surface area contributed by atoms with E-state index in [9.17, 15) is 9.59 Å². The van der Waals surface area contributed by atoms with Crippen molar-refractivity contribution in [1.29, 1.82) is 0 Å². The smallest absolute Gasteiger partial charge is 0.262 e. The second-order valence-corrected chi connectivity index (χ2v) is 11.4. The Morgan fingerprint density at radius 2 is 1.74 bits per heavy atom. The maximum atomic E-state index is 12.5. The third-order valence-electron chi connectivity index (χ3n) is 8.60. The minimum Gasteiger partial charge on any atom is -0.484 e. The lowest BCUT2D eigenvalue weighted by atomic mass is 9.48. The zero-order chi connectivity index (χ0) is 26.0. The number of aromatic nitrogens is 3. The molecule has 0 atom stereocenters. The number of imidazole rings is 1. The van der Waals surface area contributed by atoms with Gasteiger partial charge in [-0.2, -0.15) is 0 Å². The van der Waals surface area contributed by atoms with Gasteiger partial charge in [0, 0.05) is 31.7 Å². The molecule has 8 heteroatoms. The van der Waals surface area contributed by atoms with Crippen LogP contribution in [0.3, 0.4) is 0 Å². The van der Waals surface area contributed by atoms with Crippen LogP contribution in [-0.4, -0.2) is 39.5 Å². The summed E-state index contributed by atoms with van der Waals surface area (Å²) in [5.41, 5.74) is 2.65. The molecule has 0 radical (unpaired) electrons. The maximum Gasteiger partial charge on any atom is 0.262 e. The van der Waals surface area contributed by atoms with Crippen molar-refractivity contribution < 1.29 is 14.3 Å². The number of pyridine rings is 1. The molecule has 198 valence electrons. The molecule has 2 heterocycles. The van der Waals surface area contributed by atoms with Gasteiger partial charge in [0.05, 0.1) is 23.8 Å². The van der Waals surface area contributed by atoms with Crippen LogP contribution in [0.1, 0.15) is 60.9 Å².